The number of hydrogen-bond donors (Lipinski definition) is 2. The highest BCUT2D eigenvalue weighted by molar-refractivity contribution is 7.92. The number of fused-ring (bicyclic) bond motifs is 2. The Bertz CT molecular complexity index is 1320. The second-order valence-electron chi connectivity index (χ2n) is 6.20. The molecule has 0 saturated heterocycles. The first kappa shape index (κ1) is 17.0. The first-order valence-electron chi connectivity index (χ1n) is 7.87. The molecule has 9 nitrogen and oxygen atoms in total. The van der Waals surface area contributed by atoms with Crippen LogP contribution in [0.3, 0.4) is 0 Å². The lowest BCUT2D eigenvalue weighted by molar-refractivity contribution is 0.0879. The van der Waals surface area contributed by atoms with Gasteiger partial charge in [-0.25, -0.2) is 13.2 Å². The molecule has 4 rings (SSSR count). The number of carbonyl (C=O) groups excluding carboxylic acids is 2. The Morgan fingerprint density at radius 3 is 2.26 bits per heavy atom. The van der Waals surface area contributed by atoms with Crippen molar-refractivity contribution in [3.05, 3.63) is 58.0 Å². The van der Waals surface area contributed by atoms with Gasteiger partial charge in [0.2, 0.25) is 0 Å². The van der Waals surface area contributed by atoms with Crippen molar-refractivity contribution >= 4 is 38.6 Å². The third kappa shape index (κ3) is 2.53. The summed E-state index contributed by atoms with van der Waals surface area (Å²) >= 11 is 0. The molecule has 3 aromatic rings. The molecule has 2 heterocycles. The van der Waals surface area contributed by atoms with E-state index in [-0.39, 0.29) is 27.4 Å². The number of nitrogens with zero attached hydrogens (tertiary/aromatic N) is 2. The molecule has 0 atom stereocenters. The van der Waals surface area contributed by atoms with E-state index in [9.17, 15) is 22.8 Å². The van der Waals surface area contributed by atoms with Crippen LogP contribution in [0.15, 0.2) is 46.1 Å². The highest BCUT2D eigenvalue weighted by atomic mass is 32.2. The monoisotopic (exact) mass is 386 g/mol. The molecule has 0 aliphatic carbocycles. The van der Waals surface area contributed by atoms with Crippen LogP contribution in [0.1, 0.15) is 20.7 Å². The molecular weight excluding hydrogens is 372 g/mol. The first-order chi connectivity index (χ1) is 12.7. The van der Waals surface area contributed by atoms with Gasteiger partial charge < -0.3 is 0 Å². The summed E-state index contributed by atoms with van der Waals surface area (Å²) in [7, 11) is -0.800. The minimum atomic E-state index is -3.96. The SMILES string of the molecule is Cn1c(=O)n(C)c2cc(S(=O)(=O)Nc3ccc4c(c3)C(=O)NC4=O)ccc21. The summed E-state index contributed by atoms with van der Waals surface area (Å²) in [6.45, 7) is 0. The molecule has 2 aromatic carbocycles. The molecule has 0 fully saturated rings. The van der Waals surface area contributed by atoms with Crippen LogP contribution in [0.25, 0.3) is 11.0 Å². The number of rotatable bonds is 3. The Morgan fingerprint density at radius 1 is 0.852 bits per heavy atom. The average Bonchev–Trinajstić information content (AvgIpc) is 3.03. The lowest BCUT2D eigenvalue weighted by Crippen LogP contribution is -2.19. The van der Waals surface area contributed by atoms with Crippen LogP contribution in [-0.4, -0.2) is 29.4 Å². The zero-order valence-electron chi connectivity index (χ0n) is 14.3. The minimum Gasteiger partial charge on any atom is -0.295 e. The standard InChI is InChI=1S/C17H14N4O5S/c1-20-13-6-4-10(8-14(13)21(2)17(20)24)27(25,26)19-9-3-5-11-12(7-9)16(23)18-15(11)22/h3-8,19H,1-2H3,(H,18,22,23). The predicted molar refractivity (Wildman–Crippen MR) is 97.2 cm³/mol. The number of benzene rings is 2. The Morgan fingerprint density at radius 2 is 1.52 bits per heavy atom. The fraction of sp³-hybridized carbons (Fsp3) is 0.118. The third-order valence-electron chi connectivity index (χ3n) is 4.54. The number of hydrogen-bond acceptors (Lipinski definition) is 5. The van der Waals surface area contributed by atoms with Crippen molar-refractivity contribution in [2.45, 2.75) is 4.90 Å². The lowest BCUT2D eigenvalue weighted by Gasteiger charge is -2.09. The summed E-state index contributed by atoms with van der Waals surface area (Å²) in [5.74, 6) is -1.09. The van der Waals surface area contributed by atoms with Crippen molar-refractivity contribution < 1.29 is 18.0 Å². The first-order valence-corrected chi connectivity index (χ1v) is 9.35. The maximum absolute atomic E-state index is 12.7. The van der Waals surface area contributed by atoms with Gasteiger partial charge in [0.15, 0.2) is 0 Å². The number of imidazole rings is 1. The zero-order chi connectivity index (χ0) is 19.5. The van der Waals surface area contributed by atoms with Gasteiger partial charge >= 0.3 is 5.69 Å². The third-order valence-corrected chi connectivity index (χ3v) is 5.92. The van der Waals surface area contributed by atoms with Gasteiger partial charge in [0.1, 0.15) is 0 Å². The summed E-state index contributed by atoms with van der Waals surface area (Å²) in [5, 5.41) is 2.15. The maximum Gasteiger partial charge on any atom is 0.328 e. The van der Waals surface area contributed by atoms with E-state index in [2.05, 4.69) is 10.0 Å². The van der Waals surface area contributed by atoms with Crippen molar-refractivity contribution in [2.24, 2.45) is 14.1 Å². The second-order valence-corrected chi connectivity index (χ2v) is 7.88. The minimum absolute atomic E-state index is 0.0303. The van der Waals surface area contributed by atoms with Gasteiger partial charge in [-0.3, -0.25) is 28.8 Å². The van der Waals surface area contributed by atoms with E-state index in [0.29, 0.717) is 11.0 Å². The highest BCUT2D eigenvalue weighted by Crippen LogP contribution is 2.24. The van der Waals surface area contributed by atoms with E-state index in [1.165, 1.54) is 39.5 Å². The predicted octanol–water partition coefficient (Wildman–Crippen LogP) is 0.561. The van der Waals surface area contributed by atoms with Gasteiger partial charge in [0.25, 0.3) is 21.8 Å². The van der Waals surface area contributed by atoms with Crippen LogP contribution < -0.4 is 15.7 Å². The molecule has 2 amide bonds. The molecule has 0 spiro atoms. The lowest BCUT2D eigenvalue weighted by atomic mass is 10.1. The topological polar surface area (TPSA) is 119 Å². The smallest absolute Gasteiger partial charge is 0.295 e. The van der Waals surface area contributed by atoms with E-state index < -0.39 is 21.8 Å². The molecular formula is C17H14N4O5S. The van der Waals surface area contributed by atoms with Gasteiger partial charge in [-0.15, -0.1) is 0 Å². The Kier molecular flexibility index (Phi) is 3.50. The molecule has 0 saturated carbocycles. The molecule has 10 heteroatoms. The summed E-state index contributed by atoms with van der Waals surface area (Å²) < 4.78 is 30.6. The van der Waals surface area contributed by atoms with Gasteiger partial charge in [0.05, 0.1) is 27.1 Å². The maximum atomic E-state index is 12.7. The van der Waals surface area contributed by atoms with Crippen LogP contribution in [0.2, 0.25) is 0 Å². The number of anilines is 1. The zero-order valence-corrected chi connectivity index (χ0v) is 15.1. The quantitative estimate of drug-likeness (QED) is 0.638. The van der Waals surface area contributed by atoms with Gasteiger partial charge in [-0.1, -0.05) is 0 Å². The molecule has 138 valence electrons. The number of imide groups is 1. The van der Waals surface area contributed by atoms with Crippen molar-refractivity contribution in [2.75, 3.05) is 4.72 Å². The van der Waals surface area contributed by atoms with E-state index in [4.69, 9.17) is 0 Å². The summed E-state index contributed by atoms with van der Waals surface area (Å²) in [4.78, 5) is 35.3. The largest absolute Gasteiger partial charge is 0.328 e. The van der Waals surface area contributed by atoms with Crippen molar-refractivity contribution in [1.29, 1.82) is 0 Å². The van der Waals surface area contributed by atoms with Crippen LogP contribution in [-0.2, 0) is 24.1 Å². The average molecular weight is 386 g/mol. The molecule has 1 aliphatic rings. The van der Waals surface area contributed by atoms with Gasteiger partial charge in [0, 0.05) is 19.8 Å². The van der Waals surface area contributed by atoms with Crippen LogP contribution in [0.5, 0.6) is 0 Å². The molecule has 0 bridgehead atoms. The second kappa shape index (κ2) is 5.55. The molecule has 0 unspecified atom stereocenters. The van der Waals surface area contributed by atoms with Gasteiger partial charge in [-0.2, -0.15) is 0 Å². The normalized spacial score (nSPS) is 13.7. The Labute approximate surface area is 153 Å². The van der Waals surface area contributed by atoms with E-state index in [0.717, 1.165) is 0 Å². The van der Waals surface area contributed by atoms with Crippen LogP contribution in [0, 0.1) is 0 Å². The van der Waals surface area contributed by atoms with Crippen LogP contribution >= 0.6 is 0 Å². The molecule has 2 N–H and O–H groups in total. The van der Waals surface area contributed by atoms with Crippen molar-refractivity contribution in [3.8, 4) is 0 Å². The molecule has 1 aromatic heterocycles. The van der Waals surface area contributed by atoms with Gasteiger partial charge in [-0.05, 0) is 36.4 Å². The highest BCUT2D eigenvalue weighted by Gasteiger charge is 2.27. The summed E-state index contributed by atoms with van der Waals surface area (Å²) in [6.07, 6.45) is 0. The summed E-state index contributed by atoms with van der Waals surface area (Å²) in [5.41, 5.74) is 1.28. The molecule has 0 radical (unpaired) electrons. The molecule has 1 aliphatic heterocycles. The number of aryl methyl sites for hydroxylation is 2. The van der Waals surface area contributed by atoms with E-state index >= 15 is 0 Å². The fourth-order valence-corrected chi connectivity index (χ4v) is 4.17. The van der Waals surface area contributed by atoms with Crippen molar-refractivity contribution in [1.82, 2.24) is 14.5 Å². The number of sulfonamides is 1. The Balaban J connectivity index is 1.75. The number of amides is 2. The van der Waals surface area contributed by atoms with Crippen molar-refractivity contribution in [3.63, 3.8) is 0 Å². The number of nitrogens with one attached hydrogen (secondary N) is 2. The van der Waals surface area contributed by atoms with E-state index in [1.54, 1.807) is 20.2 Å². The fourth-order valence-electron chi connectivity index (χ4n) is 3.10. The molecule has 27 heavy (non-hydrogen) atoms. The Hall–Kier alpha value is -3.40. The summed E-state index contributed by atoms with van der Waals surface area (Å²) in [6, 6.07) is 8.46. The van der Waals surface area contributed by atoms with Crippen LogP contribution in [0.4, 0.5) is 5.69 Å². The number of carbonyl (C=O) groups is 2. The number of aromatic nitrogens is 2. The van der Waals surface area contributed by atoms with E-state index in [1.807, 2.05) is 0 Å².